The third-order valence-electron chi connectivity index (χ3n) is 5.07. The van der Waals surface area contributed by atoms with Crippen LogP contribution < -0.4 is 0 Å². The second-order valence-corrected chi connectivity index (χ2v) is 7.69. The summed E-state index contributed by atoms with van der Waals surface area (Å²) in [6, 6.07) is 12.6. The Kier molecular flexibility index (Phi) is 6.08. The highest BCUT2D eigenvalue weighted by molar-refractivity contribution is 6.30. The Morgan fingerprint density at radius 2 is 1.43 bits per heavy atom. The molecule has 1 aliphatic heterocycles. The maximum Gasteiger partial charge on any atom is 0.416 e. The lowest BCUT2D eigenvalue weighted by molar-refractivity contribution is -0.137. The number of hydrogen-bond acceptors (Lipinski definition) is 5. The summed E-state index contributed by atoms with van der Waals surface area (Å²) in [5.74, 6) is 1.01. The monoisotopic (exact) mass is 436 g/mol. The predicted octanol–water partition coefficient (Wildman–Crippen LogP) is 4.73. The summed E-state index contributed by atoms with van der Waals surface area (Å²) >= 11 is 5.90. The van der Waals surface area contributed by atoms with Gasteiger partial charge in [0.25, 0.3) is 0 Å². The Hall–Kier alpha value is -2.42. The second-order valence-electron chi connectivity index (χ2n) is 7.25. The van der Waals surface area contributed by atoms with E-state index in [2.05, 4.69) is 20.0 Å². The molecule has 3 aromatic rings. The first-order valence-electron chi connectivity index (χ1n) is 9.56. The minimum atomic E-state index is -4.30. The topological polar surface area (TPSA) is 45.4 Å². The predicted molar refractivity (Wildman–Crippen MR) is 107 cm³/mol. The van der Waals surface area contributed by atoms with E-state index in [4.69, 9.17) is 16.0 Å². The van der Waals surface area contributed by atoms with Crippen molar-refractivity contribution in [1.29, 1.82) is 0 Å². The molecule has 5 nitrogen and oxygen atoms in total. The van der Waals surface area contributed by atoms with Crippen LogP contribution in [0.5, 0.6) is 0 Å². The molecule has 30 heavy (non-hydrogen) atoms. The van der Waals surface area contributed by atoms with Gasteiger partial charge in [-0.05, 0) is 42.0 Å². The summed E-state index contributed by atoms with van der Waals surface area (Å²) in [7, 11) is 0. The number of alkyl halides is 3. The van der Waals surface area contributed by atoms with Crippen molar-refractivity contribution in [3.05, 3.63) is 70.6 Å². The van der Waals surface area contributed by atoms with E-state index in [0.29, 0.717) is 29.9 Å². The first-order chi connectivity index (χ1) is 14.4. The lowest BCUT2D eigenvalue weighted by atomic mass is 10.1. The molecule has 0 amide bonds. The Morgan fingerprint density at radius 3 is 2.03 bits per heavy atom. The highest BCUT2D eigenvalue weighted by atomic mass is 35.5. The van der Waals surface area contributed by atoms with Crippen LogP contribution in [0.15, 0.2) is 52.9 Å². The highest BCUT2D eigenvalue weighted by Crippen LogP contribution is 2.29. The van der Waals surface area contributed by atoms with E-state index in [9.17, 15) is 13.2 Å². The molecule has 0 unspecified atom stereocenters. The van der Waals surface area contributed by atoms with Crippen molar-refractivity contribution < 1.29 is 17.6 Å². The molecule has 1 aliphatic rings. The van der Waals surface area contributed by atoms with Gasteiger partial charge in [-0.25, -0.2) is 0 Å². The Morgan fingerprint density at radius 1 is 0.833 bits per heavy atom. The summed E-state index contributed by atoms with van der Waals surface area (Å²) in [6.07, 6.45) is -4.30. The molecule has 2 aromatic carbocycles. The third kappa shape index (κ3) is 5.19. The number of nitrogens with zero attached hydrogens (tertiary/aromatic N) is 4. The van der Waals surface area contributed by atoms with Gasteiger partial charge in [0.2, 0.25) is 11.8 Å². The number of benzene rings is 2. The first-order valence-corrected chi connectivity index (χ1v) is 9.94. The zero-order chi connectivity index (χ0) is 21.1. The average molecular weight is 437 g/mol. The summed E-state index contributed by atoms with van der Waals surface area (Å²) in [5.41, 5.74) is 1.08. The Balaban J connectivity index is 1.27. The smallest absolute Gasteiger partial charge is 0.416 e. The maximum atomic E-state index is 12.7. The molecule has 0 N–H and O–H groups in total. The fourth-order valence-corrected chi connectivity index (χ4v) is 3.51. The SMILES string of the molecule is FC(F)(F)c1ccc(CN2CCN(Cc3nnc(-c4ccc(Cl)cc4)o3)CC2)cc1. The van der Waals surface area contributed by atoms with Crippen molar-refractivity contribution in [2.75, 3.05) is 26.2 Å². The number of hydrogen-bond donors (Lipinski definition) is 0. The van der Waals surface area contributed by atoms with Gasteiger partial charge in [-0.3, -0.25) is 9.80 Å². The van der Waals surface area contributed by atoms with E-state index in [1.807, 2.05) is 12.1 Å². The highest BCUT2D eigenvalue weighted by Gasteiger charge is 2.30. The average Bonchev–Trinajstić information content (AvgIpc) is 3.18. The number of piperazine rings is 1. The van der Waals surface area contributed by atoms with Gasteiger partial charge in [-0.2, -0.15) is 13.2 Å². The summed E-state index contributed by atoms with van der Waals surface area (Å²) in [6.45, 7) is 4.47. The van der Waals surface area contributed by atoms with E-state index in [1.54, 1.807) is 24.3 Å². The molecule has 9 heteroatoms. The van der Waals surface area contributed by atoms with Gasteiger partial charge in [-0.15, -0.1) is 10.2 Å². The molecule has 4 rings (SSSR count). The molecule has 0 aliphatic carbocycles. The molecule has 0 saturated carbocycles. The van der Waals surface area contributed by atoms with Crippen molar-refractivity contribution in [3.63, 3.8) is 0 Å². The maximum absolute atomic E-state index is 12.7. The van der Waals surface area contributed by atoms with Gasteiger partial charge in [0.15, 0.2) is 0 Å². The van der Waals surface area contributed by atoms with Gasteiger partial charge < -0.3 is 4.42 Å². The van der Waals surface area contributed by atoms with E-state index in [-0.39, 0.29) is 0 Å². The first kappa shape index (κ1) is 20.8. The molecule has 1 saturated heterocycles. The summed E-state index contributed by atoms with van der Waals surface area (Å²) in [5, 5.41) is 8.87. The number of halogens is 4. The van der Waals surface area contributed by atoms with Crippen LogP contribution >= 0.6 is 11.6 Å². The molecule has 0 bridgehead atoms. The van der Waals surface area contributed by atoms with Gasteiger partial charge in [0, 0.05) is 43.3 Å². The van der Waals surface area contributed by atoms with Gasteiger partial charge in [0.05, 0.1) is 12.1 Å². The van der Waals surface area contributed by atoms with Crippen LogP contribution in [0.2, 0.25) is 5.02 Å². The van der Waals surface area contributed by atoms with Crippen molar-refractivity contribution in [3.8, 4) is 11.5 Å². The normalized spacial score (nSPS) is 16.1. The molecule has 0 radical (unpaired) electrons. The second kappa shape index (κ2) is 8.75. The fraction of sp³-hybridized carbons (Fsp3) is 0.333. The van der Waals surface area contributed by atoms with Crippen molar-refractivity contribution >= 4 is 11.6 Å². The summed E-state index contributed by atoms with van der Waals surface area (Å²) in [4.78, 5) is 4.45. The van der Waals surface area contributed by atoms with E-state index >= 15 is 0 Å². The van der Waals surface area contributed by atoms with Crippen molar-refractivity contribution in [1.82, 2.24) is 20.0 Å². The molecule has 0 atom stereocenters. The fourth-order valence-electron chi connectivity index (χ4n) is 3.38. The van der Waals surface area contributed by atoms with Gasteiger partial charge in [-0.1, -0.05) is 23.7 Å². The third-order valence-corrected chi connectivity index (χ3v) is 5.32. The van der Waals surface area contributed by atoms with Gasteiger partial charge >= 0.3 is 6.18 Å². The van der Waals surface area contributed by atoms with Gasteiger partial charge in [0.1, 0.15) is 0 Å². The molecular formula is C21H20ClF3N4O. The summed E-state index contributed by atoms with van der Waals surface area (Å²) < 4.78 is 43.8. The minimum absolute atomic E-state index is 0.461. The minimum Gasteiger partial charge on any atom is -0.419 e. The lowest BCUT2D eigenvalue weighted by Crippen LogP contribution is -2.45. The van der Waals surface area contributed by atoms with Crippen LogP contribution in [-0.2, 0) is 19.3 Å². The van der Waals surface area contributed by atoms with Crippen LogP contribution in [0.1, 0.15) is 17.0 Å². The molecule has 1 fully saturated rings. The van der Waals surface area contributed by atoms with Crippen LogP contribution in [0, 0.1) is 0 Å². The van der Waals surface area contributed by atoms with E-state index < -0.39 is 11.7 Å². The van der Waals surface area contributed by atoms with E-state index in [1.165, 1.54) is 0 Å². The number of aromatic nitrogens is 2. The number of rotatable bonds is 5. The molecule has 0 spiro atoms. The quantitative estimate of drug-likeness (QED) is 0.578. The van der Waals surface area contributed by atoms with Crippen LogP contribution in [0.3, 0.4) is 0 Å². The Labute approximate surface area is 177 Å². The van der Waals surface area contributed by atoms with Crippen molar-refractivity contribution in [2.24, 2.45) is 0 Å². The standard InChI is InChI=1S/C21H20ClF3N4O/c22-18-7-3-16(4-8-18)20-27-26-19(30-20)14-29-11-9-28(10-12-29)13-15-1-5-17(6-2-15)21(23,24)25/h1-8H,9-14H2. The molecule has 1 aromatic heterocycles. The molecular weight excluding hydrogens is 417 g/mol. The zero-order valence-electron chi connectivity index (χ0n) is 16.1. The lowest BCUT2D eigenvalue weighted by Gasteiger charge is -2.34. The zero-order valence-corrected chi connectivity index (χ0v) is 16.8. The van der Waals surface area contributed by atoms with Crippen LogP contribution in [0.4, 0.5) is 13.2 Å². The van der Waals surface area contributed by atoms with Crippen LogP contribution in [-0.4, -0.2) is 46.2 Å². The largest absolute Gasteiger partial charge is 0.419 e. The van der Waals surface area contributed by atoms with E-state index in [0.717, 1.165) is 49.4 Å². The molecule has 2 heterocycles. The molecule has 158 valence electrons. The van der Waals surface area contributed by atoms with Crippen LogP contribution in [0.25, 0.3) is 11.5 Å². The Bertz CT molecular complexity index is 965. The van der Waals surface area contributed by atoms with Crippen molar-refractivity contribution in [2.45, 2.75) is 19.3 Å².